The number of amides is 3. The molecule has 40 heavy (non-hydrogen) atoms. The molecule has 0 saturated heterocycles. The molecule has 208 valence electrons. The third kappa shape index (κ3) is 5.58. The Hall–Kier alpha value is -4.17. The molecule has 0 saturated carbocycles. The van der Waals surface area contributed by atoms with Crippen molar-refractivity contribution < 1.29 is 31.2 Å². The van der Waals surface area contributed by atoms with Crippen LogP contribution in [0.5, 0.6) is 0 Å². The van der Waals surface area contributed by atoms with Crippen LogP contribution in [0.15, 0.2) is 60.1 Å². The highest BCUT2D eigenvalue weighted by Crippen LogP contribution is 2.32. The van der Waals surface area contributed by atoms with Gasteiger partial charge in [-0.2, -0.15) is 8.42 Å². The highest BCUT2D eigenvalue weighted by Gasteiger charge is 2.34. The van der Waals surface area contributed by atoms with Gasteiger partial charge in [0, 0.05) is 31.8 Å². The molecule has 1 atom stereocenters. The van der Waals surface area contributed by atoms with Gasteiger partial charge in [0.25, 0.3) is 0 Å². The molecular formula is C26H22F3N5O4S2. The minimum atomic E-state index is -4.56. The lowest BCUT2D eigenvalue weighted by atomic mass is 10.0. The Morgan fingerprint density at radius 1 is 1.10 bits per heavy atom. The monoisotopic (exact) mass is 589 g/mol. The van der Waals surface area contributed by atoms with E-state index >= 15 is 0 Å². The van der Waals surface area contributed by atoms with Crippen LogP contribution >= 0.6 is 11.3 Å². The van der Waals surface area contributed by atoms with Crippen LogP contribution in [0.2, 0.25) is 0 Å². The SMILES string of the molecule is CN(C(=O)[C@H](Cc1cc(F)cc(F)c1)NC(=O)NS(=O)(=O)N1CCc2cccc(F)c21)c1ccc2scnc2c1. The molecule has 5 rings (SSSR count). The van der Waals surface area contributed by atoms with Gasteiger partial charge in [0.1, 0.15) is 23.5 Å². The van der Waals surface area contributed by atoms with Crippen molar-refractivity contribution in [1.82, 2.24) is 15.0 Å². The first-order valence-corrected chi connectivity index (χ1v) is 14.3. The van der Waals surface area contributed by atoms with E-state index in [1.807, 2.05) is 4.72 Å². The molecule has 0 spiro atoms. The summed E-state index contributed by atoms with van der Waals surface area (Å²) in [4.78, 5) is 31.9. The number of likely N-dealkylation sites (N-methyl/N-ethyl adjacent to an activating group) is 1. The first-order chi connectivity index (χ1) is 19.0. The van der Waals surface area contributed by atoms with E-state index in [4.69, 9.17) is 0 Å². The Morgan fingerprint density at radius 2 is 1.85 bits per heavy atom. The average molecular weight is 590 g/mol. The van der Waals surface area contributed by atoms with Crippen molar-refractivity contribution in [2.45, 2.75) is 18.9 Å². The van der Waals surface area contributed by atoms with Crippen LogP contribution < -0.4 is 19.2 Å². The summed E-state index contributed by atoms with van der Waals surface area (Å²) in [6.07, 6.45) is -0.110. The normalized spacial score (nSPS) is 13.7. The van der Waals surface area contributed by atoms with Gasteiger partial charge in [0.15, 0.2) is 0 Å². The number of halogens is 3. The molecule has 2 N–H and O–H groups in total. The second-order valence-electron chi connectivity index (χ2n) is 9.09. The molecule has 3 aromatic carbocycles. The number of rotatable bonds is 7. The maximum Gasteiger partial charge on any atom is 0.330 e. The molecule has 1 aliphatic heterocycles. The zero-order valence-electron chi connectivity index (χ0n) is 20.9. The smallest absolute Gasteiger partial charge is 0.325 e. The van der Waals surface area contributed by atoms with E-state index in [0.717, 1.165) is 27.2 Å². The summed E-state index contributed by atoms with van der Waals surface area (Å²) >= 11 is 1.41. The molecule has 0 unspecified atom stereocenters. The summed E-state index contributed by atoms with van der Waals surface area (Å²) in [6.45, 7) is -0.0916. The Balaban J connectivity index is 1.39. The highest BCUT2D eigenvalue weighted by molar-refractivity contribution is 7.91. The van der Waals surface area contributed by atoms with E-state index in [1.165, 1.54) is 29.4 Å². The van der Waals surface area contributed by atoms with Crippen LogP contribution in [-0.4, -0.2) is 45.0 Å². The van der Waals surface area contributed by atoms with Crippen molar-refractivity contribution in [2.24, 2.45) is 0 Å². The zero-order chi connectivity index (χ0) is 28.6. The quantitative estimate of drug-likeness (QED) is 0.340. The van der Waals surface area contributed by atoms with Crippen LogP contribution in [0.1, 0.15) is 11.1 Å². The minimum Gasteiger partial charge on any atom is -0.325 e. The standard InChI is InChI=1S/C26H22F3N5O4S2/c1-33(19-5-6-23-21(13-19)30-14-39-23)25(35)22(11-15-9-17(27)12-18(28)10-15)31-26(36)32-40(37,38)34-8-7-16-3-2-4-20(29)24(16)34/h2-6,9-10,12-14,22H,7-8,11H2,1H3,(H2,31,32,36)/t22-/m0/s1. The first-order valence-electron chi connectivity index (χ1n) is 12.0. The molecule has 0 bridgehead atoms. The zero-order valence-corrected chi connectivity index (χ0v) is 22.5. The van der Waals surface area contributed by atoms with Crippen molar-refractivity contribution in [3.8, 4) is 0 Å². The fraction of sp³-hybridized carbons (Fsp3) is 0.192. The predicted octanol–water partition coefficient (Wildman–Crippen LogP) is 3.89. The van der Waals surface area contributed by atoms with E-state index in [-0.39, 0.29) is 30.6 Å². The molecule has 2 heterocycles. The van der Waals surface area contributed by atoms with Crippen LogP contribution in [0, 0.1) is 17.5 Å². The van der Waals surface area contributed by atoms with Gasteiger partial charge >= 0.3 is 16.2 Å². The number of nitrogens with one attached hydrogen (secondary N) is 2. The van der Waals surface area contributed by atoms with Gasteiger partial charge in [-0.05, 0) is 53.9 Å². The summed E-state index contributed by atoms with van der Waals surface area (Å²) in [5.41, 5.74) is 3.07. The number of carbonyl (C=O) groups excluding carboxylic acids is 2. The van der Waals surface area contributed by atoms with E-state index < -0.39 is 45.6 Å². The Kier molecular flexibility index (Phi) is 7.38. The number of carbonyl (C=O) groups is 2. The number of nitrogens with zero attached hydrogens (tertiary/aromatic N) is 3. The fourth-order valence-corrected chi connectivity index (χ4v) is 6.39. The maximum atomic E-state index is 14.4. The van der Waals surface area contributed by atoms with Crippen molar-refractivity contribution in [3.63, 3.8) is 0 Å². The number of hydrogen-bond donors (Lipinski definition) is 2. The number of urea groups is 1. The fourth-order valence-electron chi connectivity index (χ4n) is 4.56. The number of fused-ring (bicyclic) bond motifs is 2. The molecule has 4 aromatic rings. The minimum absolute atomic E-state index is 0.0536. The van der Waals surface area contributed by atoms with Crippen molar-refractivity contribution in [1.29, 1.82) is 0 Å². The summed E-state index contributed by atoms with van der Waals surface area (Å²) in [5.74, 6) is -3.22. The predicted molar refractivity (Wildman–Crippen MR) is 145 cm³/mol. The summed E-state index contributed by atoms with van der Waals surface area (Å²) < 4.78 is 71.6. The molecular weight excluding hydrogens is 567 g/mol. The van der Waals surface area contributed by atoms with Gasteiger partial charge in [0.2, 0.25) is 5.91 Å². The molecule has 14 heteroatoms. The van der Waals surface area contributed by atoms with Gasteiger partial charge in [-0.15, -0.1) is 11.3 Å². The third-order valence-electron chi connectivity index (χ3n) is 6.41. The molecule has 3 amide bonds. The highest BCUT2D eigenvalue weighted by atomic mass is 32.2. The van der Waals surface area contributed by atoms with Gasteiger partial charge in [-0.1, -0.05) is 12.1 Å². The Morgan fingerprint density at radius 3 is 2.60 bits per heavy atom. The second-order valence-corrected chi connectivity index (χ2v) is 11.6. The largest absolute Gasteiger partial charge is 0.330 e. The van der Waals surface area contributed by atoms with Crippen molar-refractivity contribution >= 4 is 55.1 Å². The molecule has 1 aromatic heterocycles. The number of hydrogen-bond acceptors (Lipinski definition) is 6. The van der Waals surface area contributed by atoms with Crippen LogP contribution in [0.25, 0.3) is 10.2 Å². The third-order valence-corrected chi connectivity index (χ3v) is 8.61. The summed E-state index contributed by atoms with van der Waals surface area (Å²) in [5, 5.41) is 2.31. The molecule has 1 aliphatic rings. The molecule has 0 aliphatic carbocycles. The van der Waals surface area contributed by atoms with E-state index in [9.17, 15) is 31.2 Å². The maximum absolute atomic E-state index is 14.4. The van der Waals surface area contributed by atoms with E-state index in [0.29, 0.717) is 22.8 Å². The number of benzene rings is 3. The van der Waals surface area contributed by atoms with Crippen LogP contribution in [0.4, 0.5) is 29.3 Å². The van der Waals surface area contributed by atoms with Crippen molar-refractivity contribution in [2.75, 3.05) is 22.8 Å². The lowest BCUT2D eigenvalue weighted by Crippen LogP contribution is -2.54. The van der Waals surface area contributed by atoms with Gasteiger partial charge in [0.05, 0.1) is 21.4 Å². The molecule has 9 nitrogen and oxygen atoms in total. The molecule has 0 radical (unpaired) electrons. The topological polar surface area (TPSA) is 112 Å². The van der Waals surface area contributed by atoms with E-state index in [1.54, 1.807) is 29.8 Å². The number of para-hydroxylation sites is 1. The lowest BCUT2D eigenvalue weighted by Gasteiger charge is -2.26. The summed E-state index contributed by atoms with van der Waals surface area (Å²) in [6, 6.07) is 9.21. The van der Waals surface area contributed by atoms with Crippen molar-refractivity contribution in [3.05, 3.63) is 88.7 Å². The molecule has 0 fully saturated rings. The number of aromatic nitrogens is 1. The van der Waals surface area contributed by atoms with Crippen LogP contribution in [-0.2, 0) is 27.8 Å². The van der Waals surface area contributed by atoms with Gasteiger partial charge in [-0.25, -0.2) is 32.0 Å². The lowest BCUT2D eigenvalue weighted by molar-refractivity contribution is -0.120. The number of anilines is 2. The summed E-state index contributed by atoms with van der Waals surface area (Å²) in [7, 11) is -3.12. The first kappa shape index (κ1) is 27.4. The Labute approximate surface area is 231 Å². The Bertz CT molecular complexity index is 1710. The average Bonchev–Trinajstić information content (AvgIpc) is 3.54. The van der Waals surface area contributed by atoms with Gasteiger partial charge < -0.3 is 10.2 Å². The van der Waals surface area contributed by atoms with Gasteiger partial charge in [-0.3, -0.25) is 4.79 Å². The van der Waals surface area contributed by atoms with E-state index in [2.05, 4.69) is 10.3 Å². The second kappa shape index (κ2) is 10.8. The number of thiazole rings is 1. The van der Waals surface area contributed by atoms with Crippen LogP contribution in [0.3, 0.4) is 0 Å².